The SMILES string of the molecule is CC[C@H](C)NS(=O)(=O)c1ccc(C(=O)OCC(=O)N[C@H](C)C(C)C)cc1. The van der Waals surface area contributed by atoms with Gasteiger partial charge in [0.25, 0.3) is 5.91 Å². The molecule has 1 rings (SSSR count). The number of hydrogen-bond acceptors (Lipinski definition) is 5. The monoisotopic (exact) mass is 384 g/mol. The largest absolute Gasteiger partial charge is 0.452 e. The average Bonchev–Trinajstić information content (AvgIpc) is 2.59. The van der Waals surface area contributed by atoms with Crippen LogP contribution in [0.5, 0.6) is 0 Å². The number of amides is 1. The molecule has 0 spiro atoms. The Morgan fingerprint density at radius 1 is 1.08 bits per heavy atom. The summed E-state index contributed by atoms with van der Waals surface area (Å²) in [6.45, 7) is 9.09. The second kappa shape index (κ2) is 9.68. The standard InChI is InChI=1S/C18H28N2O5S/c1-6-13(4)20-26(23,24)16-9-7-15(8-10-16)18(22)25-11-17(21)19-14(5)12(2)3/h7-10,12-14,20H,6,11H2,1-5H3,(H,19,21)/t13-,14+/m0/s1. The van der Waals surface area contributed by atoms with Gasteiger partial charge in [-0.2, -0.15) is 0 Å². The Hall–Kier alpha value is -1.93. The summed E-state index contributed by atoms with van der Waals surface area (Å²) in [5.41, 5.74) is 0.178. The van der Waals surface area contributed by atoms with Crippen LogP contribution in [-0.4, -0.2) is 39.0 Å². The zero-order valence-electron chi connectivity index (χ0n) is 15.9. The van der Waals surface area contributed by atoms with E-state index in [0.29, 0.717) is 6.42 Å². The minimum Gasteiger partial charge on any atom is -0.452 e. The molecule has 0 saturated heterocycles. The van der Waals surface area contributed by atoms with Crippen LogP contribution in [-0.2, 0) is 19.6 Å². The molecule has 0 aliphatic heterocycles. The normalized spacial score (nSPS) is 13.9. The second-order valence-electron chi connectivity index (χ2n) is 6.63. The molecular weight excluding hydrogens is 356 g/mol. The lowest BCUT2D eigenvalue weighted by molar-refractivity contribution is -0.125. The highest BCUT2D eigenvalue weighted by Gasteiger charge is 2.18. The molecule has 0 radical (unpaired) electrons. The first kappa shape index (κ1) is 22.1. The molecule has 0 aromatic heterocycles. The number of carbonyl (C=O) groups is 2. The van der Waals surface area contributed by atoms with Gasteiger partial charge >= 0.3 is 5.97 Å². The summed E-state index contributed by atoms with van der Waals surface area (Å²) in [4.78, 5) is 23.8. The lowest BCUT2D eigenvalue weighted by Gasteiger charge is -2.17. The quantitative estimate of drug-likeness (QED) is 0.635. The fraction of sp³-hybridized carbons (Fsp3) is 0.556. The van der Waals surface area contributed by atoms with Gasteiger partial charge in [-0.15, -0.1) is 0 Å². The zero-order valence-corrected chi connectivity index (χ0v) is 16.7. The zero-order chi connectivity index (χ0) is 19.9. The van der Waals surface area contributed by atoms with Crippen molar-refractivity contribution in [2.24, 2.45) is 5.92 Å². The lowest BCUT2D eigenvalue weighted by atomic mass is 10.1. The fourth-order valence-corrected chi connectivity index (χ4v) is 3.19. The first-order valence-corrected chi connectivity index (χ1v) is 10.1. The van der Waals surface area contributed by atoms with E-state index in [4.69, 9.17) is 4.74 Å². The molecule has 146 valence electrons. The van der Waals surface area contributed by atoms with Gasteiger partial charge in [-0.05, 0) is 50.5 Å². The predicted molar refractivity (Wildman–Crippen MR) is 99.2 cm³/mol. The molecule has 0 aliphatic carbocycles. The maximum atomic E-state index is 12.2. The Morgan fingerprint density at radius 2 is 1.65 bits per heavy atom. The minimum atomic E-state index is -3.63. The van der Waals surface area contributed by atoms with Gasteiger partial charge in [-0.25, -0.2) is 17.9 Å². The Labute approximate surface area is 155 Å². The number of nitrogens with one attached hydrogen (secondary N) is 2. The number of benzene rings is 1. The number of rotatable bonds is 9. The highest BCUT2D eigenvalue weighted by molar-refractivity contribution is 7.89. The highest BCUT2D eigenvalue weighted by atomic mass is 32.2. The molecule has 1 amide bonds. The van der Waals surface area contributed by atoms with Crippen LogP contribution in [0.3, 0.4) is 0 Å². The topological polar surface area (TPSA) is 102 Å². The maximum Gasteiger partial charge on any atom is 0.338 e. The molecule has 8 heteroatoms. The van der Waals surface area contributed by atoms with Crippen molar-refractivity contribution in [2.45, 2.75) is 58.0 Å². The average molecular weight is 384 g/mol. The number of sulfonamides is 1. The van der Waals surface area contributed by atoms with Gasteiger partial charge in [0.05, 0.1) is 10.5 Å². The van der Waals surface area contributed by atoms with Crippen LogP contribution in [0.15, 0.2) is 29.2 Å². The number of ether oxygens (including phenoxy) is 1. The first-order valence-electron chi connectivity index (χ1n) is 8.65. The lowest BCUT2D eigenvalue weighted by Crippen LogP contribution is -2.38. The Morgan fingerprint density at radius 3 is 2.15 bits per heavy atom. The summed E-state index contributed by atoms with van der Waals surface area (Å²) in [5.74, 6) is -0.791. The second-order valence-corrected chi connectivity index (χ2v) is 8.35. The van der Waals surface area contributed by atoms with Gasteiger partial charge in [0, 0.05) is 12.1 Å². The summed E-state index contributed by atoms with van der Waals surface area (Å²) >= 11 is 0. The van der Waals surface area contributed by atoms with Crippen LogP contribution in [0.25, 0.3) is 0 Å². The van der Waals surface area contributed by atoms with Gasteiger partial charge in [0.2, 0.25) is 10.0 Å². The number of esters is 1. The van der Waals surface area contributed by atoms with Crippen LogP contribution in [0.4, 0.5) is 0 Å². The van der Waals surface area contributed by atoms with Gasteiger partial charge < -0.3 is 10.1 Å². The Balaban J connectivity index is 2.65. The van der Waals surface area contributed by atoms with Crippen LogP contribution in [0.1, 0.15) is 51.4 Å². The van der Waals surface area contributed by atoms with Crippen molar-refractivity contribution in [3.63, 3.8) is 0 Å². The highest BCUT2D eigenvalue weighted by Crippen LogP contribution is 2.12. The Bertz CT molecular complexity index is 714. The third-order valence-electron chi connectivity index (χ3n) is 4.09. The third-order valence-corrected chi connectivity index (χ3v) is 5.70. The van der Waals surface area contributed by atoms with E-state index < -0.39 is 16.0 Å². The molecule has 0 heterocycles. The van der Waals surface area contributed by atoms with Gasteiger partial charge in [-0.3, -0.25) is 4.79 Å². The van der Waals surface area contributed by atoms with Crippen molar-refractivity contribution in [1.29, 1.82) is 0 Å². The fourth-order valence-electron chi connectivity index (χ4n) is 1.86. The molecule has 2 N–H and O–H groups in total. The van der Waals surface area contributed by atoms with Crippen molar-refractivity contribution in [2.75, 3.05) is 6.61 Å². The van der Waals surface area contributed by atoms with Crippen LogP contribution in [0, 0.1) is 5.92 Å². The predicted octanol–water partition coefficient (Wildman–Crippen LogP) is 2.08. The summed E-state index contributed by atoms with van der Waals surface area (Å²) in [5, 5.41) is 2.74. The van der Waals surface area contributed by atoms with Crippen molar-refractivity contribution < 1.29 is 22.7 Å². The molecule has 1 aromatic rings. The van der Waals surface area contributed by atoms with Crippen LogP contribution >= 0.6 is 0 Å². The maximum absolute atomic E-state index is 12.2. The van der Waals surface area contributed by atoms with E-state index in [2.05, 4.69) is 10.0 Å². The molecule has 1 aromatic carbocycles. The third kappa shape index (κ3) is 6.76. The summed E-state index contributed by atoms with van der Waals surface area (Å²) < 4.78 is 31.9. The molecule has 0 unspecified atom stereocenters. The smallest absolute Gasteiger partial charge is 0.338 e. The van der Waals surface area contributed by atoms with E-state index in [1.54, 1.807) is 6.92 Å². The van der Waals surface area contributed by atoms with Crippen molar-refractivity contribution in [3.8, 4) is 0 Å². The van der Waals surface area contributed by atoms with Crippen LogP contribution < -0.4 is 10.0 Å². The Kier molecular flexibility index (Phi) is 8.23. The van der Waals surface area contributed by atoms with E-state index >= 15 is 0 Å². The van der Waals surface area contributed by atoms with E-state index in [9.17, 15) is 18.0 Å². The van der Waals surface area contributed by atoms with Crippen molar-refractivity contribution in [3.05, 3.63) is 29.8 Å². The summed E-state index contributed by atoms with van der Waals surface area (Å²) in [7, 11) is -3.63. The van der Waals surface area contributed by atoms with Gasteiger partial charge in [0.1, 0.15) is 0 Å². The number of carbonyl (C=O) groups excluding carboxylic acids is 2. The molecule has 0 bridgehead atoms. The number of hydrogen-bond donors (Lipinski definition) is 2. The van der Waals surface area contributed by atoms with Gasteiger partial charge in [0.15, 0.2) is 6.61 Å². The molecule has 0 saturated carbocycles. The summed E-state index contributed by atoms with van der Waals surface area (Å²) in [6.07, 6.45) is 0.668. The van der Waals surface area contributed by atoms with Gasteiger partial charge in [-0.1, -0.05) is 20.8 Å². The van der Waals surface area contributed by atoms with Crippen molar-refractivity contribution >= 4 is 21.9 Å². The van der Waals surface area contributed by atoms with E-state index in [1.807, 2.05) is 27.7 Å². The molecule has 26 heavy (non-hydrogen) atoms. The summed E-state index contributed by atoms with van der Waals surface area (Å²) in [6, 6.07) is 5.19. The molecule has 0 aliphatic rings. The molecule has 0 fully saturated rings. The van der Waals surface area contributed by atoms with E-state index in [1.165, 1.54) is 24.3 Å². The van der Waals surface area contributed by atoms with Crippen molar-refractivity contribution in [1.82, 2.24) is 10.0 Å². The molecular formula is C18H28N2O5S. The first-order chi connectivity index (χ1) is 12.1. The molecule has 7 nitrogen and oxygen atoms in total. The minimum absolute atomic E-state index is 0.0243. The van der Waals surface area contributed by atoms with E-state index in [-0.39, 0.29) is 41.0 Å². The molecule has 2 atom stereocenters. The van der Waals surface area contributed by atoms with E-state index in [0.717, 1.165) is 0 Å². The van der Waals surface area contributed by atoms with Crippen LogP contribution in [0.2, 0.25) is 0 Å².